The SMILES string of the molecule is CC(=O)OC[C@H]1O[C@@H](O[C@H]2[C@H](O[C@H]3O[C@H]([C@H](C)N(C)C(=O)OCc4ccccc4)CC[C@H]3N=[N+]=[N-])[C@@H](NC(=O)OCc3ccccc3)[C@H](OCc3ccccc3)[C@H]3NC(=O)O[C@@H]32)[C@H](OC(C)=O)[C@@H]1O[C@H]1O[C@@H](CN=[N+]=[N-])[C@H](O)[C@H](O)[C@H]1N=[N+]=[N-]. The Hall–Kier alpha value is -8.02. The number of benzene rings is 3. The smallest absolute Gasteiger partial charge is 0.410 e. The van der Waals surface area contributed by atoms with E-state index in [1.807, 2.05) is 18.2 Å². The topological polar surface area (TPSA) is 410 Å². The van der Waals surface area contributed by atoms with Crippen LogP contribution in [-0.4, -0.2) is 182 Å². The van der Waals surface area contributed by atoms with Crippen LogP contribution in [0.15, 0.2) is 106 Å². The number of hydrogen-bond donors (Lipinski definition) is 4. The first-order valence-corrected chi connectivity index (χ1v) is 26.8. The number of aliphatic hydroxyl groups is 2. The Kier molecular flexibility index (Phi) is 21.8. The van der Waals surface area contributed by atoms with Crippen LogP contribution < -0.4 is 10.6 Å². The van der Waals surface area contributed by atoms with Gasteiger partial charge in [-0.05, 0) is 53.0 Å². The number of amides is 3. The van der Waals surface area contributed by atoms with Crippen molar-refractivity contribution in [2.45, 2.75) is 170 Å². The van der Waals surface area contributed by atoms with E-state index in [0.717, 1.165) is 19.4 Å². The molecule has 19 atom stereocenters. The lowest BCUT2D eigenvalue weighted by Gasteiger charge is -2.49. The molecule has 3 aromatic rings. The van der Waals surface area contributed by atoms with Gasteiger partial charge in [0.15, 0.2) is 31.1 Å². The standard InChI is InChI=1S/C53H64N12O19/c1-27(65(4)53(72)76-25-32-18-12-7-13-19-32)34-21-20-33(60-63-55)48(78-34)82-44-38(58-51(70)75-24-31-16-10-6-11-17-31)43(74-23-30-14-8-5-9-15-30)39-45(84-52(71)59-39)46(44)83-50-47(77-29(3)67)42(36(80-50)26-73-28(2)66)81-49-37(61-64-56)41(69)40(68)35(79-49)22-57-62-54/h5-19,27,33-50,68-69H,20-26H2,1-4H3,(H,58,70)(H,59,71)/t27-,33+,34-,35-,36+,37+,38-,39+,40-,41+,42+,43-,44+,45-,46-,47+,48+,49+,50-/m0/s1. The third-order valence-corrected chi connectivity index (χ3v) is 14.7. The van der Waals surface area contributed by atoms with Crippen LogP contribution in [0.2, 0.25) is 0 Å². The van der Waals surface area contributed by atoms with Gasteiger partial charge in [-0.3, -0.25) is 9.59 Å². The van der Waals surface area contributed by atoms with Crippen LogP contribution in [0.3, 0.4) is 0 Å². The number of hydrogen-bond acceptors (Lipinski definition) is 22. The molecule has 0 radical (unpaired) electrons. The number of alkyl carbamates (subject to hydrolysis) is 2. The van der Waals surface area contributed by atoms with Gasteiger partial charge in [0, 0.05) is 35.6 Å². The van der Waals surface area contributed by atoms with Gasteiger partial charge < -0.3 is 82.6 Å². The van der Waals surface area contributed by atoms with Crippen LogP contribution in [0, 0.1) is 0 Å². The van der Waals surface area contributed by atoms with E-state index in [1.54, 1.807) is 79.7 Å². The Bertz CT molecular complexity index is 2870. The fraction of sp³-hybridized carbons (Fsp3) is 0.566. The number of fused-ring (bicyclic) bond motifs is 1. The average molecular weight is 1170 g/mol. The highest BCUT2D eigenvalue weighted by Crippen LogP contribution is 2.41. The van der Waals surface area contributed by atoms with Crippen LogP contribution in [0.4, 0.5) is 14.4 Å². The normalized spacial score (nSPS) is 31.8. The van der Waals surface area contributed by atoms with Gasteiger partial charge in [-0.1, -0.05) is 106 Å². The fourth-order valence-corrected chi connectivity index (χ4v) is 10.4. The summed E-state index contributed by atoms with van der Waals surface area (Å²) in [5.41, 5.74) is 30.6. The predicted molar refractivity (Wildman–Crippen MR) is 284 cm³/mol. The Balaban J connectivity index is 1.19. The van der Waals surface area contributed by atoms with E-state index >= 15 is 0 Å². The van der Waals surface area contributed by atoms with Gasteiger partial charge >= 0.3 is 30.2 Å². The van der Waals surface area contributed by atoms with Crippen molar-refractivity contribution in [3.05, 3.63) is 139 Å². The predicted octanol–water partition coefficient (Wildman–Crippen LogP) is 5.01. The minimum atomic E-state index is -1.89. The van der Waals surface area contributed by atoms with Crippen LogP contribution in [0.1, 0.15) is 50.3 Å². The number of rotatable bonds is 23. The minimum absolute atomic E-state index is 0.0229. The first kappa shape index (κ1) is 62.0. The van der Waals surface area contributed by atoms with Crippen molar-refractivity contribution < 1.29 is 91.0 Å². The van der Waals surface area contributed by atoms with E-state index in [1.165, 1.54) is 11.9 Å². The molecule has 3 amide bonds. The van der Waals surface area contributed by atoms with Crippen LogP contribution in [0.5, 0.6) is 0 Å². The van der Waals surface area contributed by atoms with E-state index in [-0.39, 0.29) is 32.7 Å². The summed E-state index contributed by atoms with van der Waals surface area (Å²) in [5.74, 6) is -1.75. The lowest BCUT2D eigenvalue weighted by molar-refractivity contribution is -0.299. The minimum Gasteiger partial charge on any atom is -0.463 e. The van der Waals surface area contributed by atoms with Crippen molar-refractivity contribution in [3.8, 4) is 0 Å². The van der Waals surface area contributed by atoms with Crippen LogP contribution >= 0.6 is 0 Å². The zero-order valence-corrected chi connectivity index (χ0v) is 45.9. The molecular weight excluding hydrogens is 1110 g/mol. The quantitative estimate of drug-likeness (QED) is 0.0319. The van der Waals surface area contributed by atoms with E-state index < -0.39 is 160 Å². The molecule has 84 heavy (non-hydrogen) atoms. The number of azide groups is 3. The lowest BCUT2D eigenvalue weighted by Crippen LogP contribution is -2.72. The number of nitrogens with one attached hydrogen (secondary N) is 2. The van der Waals surface area contributed by atoms with Gasteiger partial charge in [0.05, 0.1) is 49.6 Å². The second-order valence-electron chi connectivity index (χ2n) is 20.2. The zero-order valence-electron chi connectivity index (χ0n) is 45.9. The van der Waals surface area contributed by atoms with Crippen molar-refractivity contribution in [1.82, 2.24) is 15.5 Å². The summed E-state index contributed by atoms with van der Waals surface area (Å²) in [5, 5.41) is 38.8. The molecule has 4 aliphatic heterocycles. The van der Waals surface area contributed by atoms with E-state index in [0.29, 0.717) is 11.1 Å². The summed E-state index contributed by atoms with van der Waals surface area (Å²) < 4.78 is 74.5. The highest BCUT2D eigenvalue weighted by atomic mass is 16.8. The number of nitrogens with zero attached hydrogens (tertiary/aromatic N) is 10. The molecule has 4 heterocycles. The molecule has 4 saturated heterocycles. The van der Waals surface area contributed by atoms with Gasteiger partial charge in [-0.2, -0.15) is 0 Å². The maximum absolute atomic E-state index is 14.3. The van der Waals surface area contributed by atoms with Crippen molar-refractivity contribution in [2.24, 2.45) is 15.3 Å². The van der Waals surface area contributed by atoms with Crippen molar-refractivity contribution >= 4 is 30.2 Å². The summed E-state index contributed by atoms with van der Waals surface area (Å²) in [4.78, 5) is 77.1. The number of aliphatic hydroxyl groups excluding tert-OH is 2. The number of carbonyl (C=O) groups is 5. The van der Waals surface area contributed by atoms with Gasteiger partial charge in [0.25, 0.3) is 0 Å². The average Bonchev–Trinajstić information content (AvgIpc) is 3.98. The molecule has 0 spiro atoms. The summed E-state index contributed by atoms with van der Waals surface area (Å²) in [6, 6.07) is 20.5. The first-order chi connectivity index (χ1) is 40.6. The Morgan fingerprint density at radius 3 is 1.93 bits per heavy atom. The molecule has 31 nitrogen and oxygen atoms in total. The highest BCUT2D eigenvalue weighted by Gasteiger charge is 2.62. The monoisotopic (exact) mass is 1170 g/mol. The van der Waals surface area contributed by atoms with Crippen LogP contribution in [0.25, 0.3) is 31.3 Å². The van der Waals surface area contributed by atoms with Crippen molar-refractivity contribution in [2.75, 3.05) is 20.2 Å². The molecule has 4 N–H and O–H groups in total. The molecular formula is C53H64N12O19. The number of ether oxygens (including phenoxy) is 12. The van der Waals surface area contributed by atoms with E-state index in [2.05, 4.69) is 40.7 Å². The molecule has 3 aromatic carbocycles. The first-order valence-electron chi connectivity index (χ1n) is 26.8. The lowest BCUT2D eigenvalue weighted by atomic mass is 9.81. The summed E-state index contributed by atoms with van der Waals surface area (Å²) >= 11 is 0. The summed E-state index contributed by atoms with van der Waals surface area (Å²) in [6.45, 7) is 2.33. The summed E-state index contributed by atoms with van der Waals surface area (Å²) in [6.07, 6.45) is -24.5. The van der Waals surface area contributed by atoms with Crippen molar-refractivity contribution in [1.29, 1.82) is 0 Å². The molecule has 31 heteroatoms. The van der Waals surface area contributed by atoms with E-state index in [9.17, 15) is 45.2 Å². The molecule has 450 valence electrons. The number of likely N-dealkylation sites (N-methyl/N-ethyl adjacent to an activating group) is 1. The third kappa shape index (κ3) is 15.6. The van der Waals surface area contributed by atoms with Gasteiger partial charge in [-0.25, -0.2) is 14.4 Å². The molecule has 0 unspecified atom stereocenters. The Morgan fingerprint density at radius 2 is 1.31 bits per heavy atom. The maximum Gasteiger partial charge on any atom is 0.410 e. The molecule has 0 bridgehead atoms. The molecule has 1 saturated carbocycles. The fourth-order valence-electron chi connectivity index (χ4n) is 10.4. The third-order valence-electron chi connectivity index (χ3n) is 14.7. The highest BCUT2D eigenvalue weighted by molar-refractivity contribution is 5.72. The number of carbonyl (C=O) groups excluding carboxylic acids is 5. The molecule has 0 aromatic heterocycles. The van der Waals surface area contributed by atoms with Crippen molar-refractivity contribution in [3.63, 3.8) is 0 Å². The largest absolute Gasteiger partial charge is 0.463 e. The molecule has 8 rings (SSSR count). The zero-order chi connectivity index (χ0) is 59.9. The second-order valence-corrected chi connectivity index (χ2v) is 20.2. The van der Waals surface area contributed by atoms with Gasteiger partial charge in [-0.15, -0.1) is 0 Å². The van der Waals surface area contributed by atoms with Gasteiger partial charge in [0.2, 0.25) is 0 Å². The molecule has 1 aliphatic carbocycles. The number of esters is 2. The van der Waals surface area contributed by atoms with E-state index in [4.69, 9.17) is 62.4 Å². The Labute approximate surface area is 479 Å². The maximum atomic E-state index is 14.3. The molecule has 5 fully saturated rings. The molecule has 5 aliphatic rings. The second kappa shape index (κ2) is 29.5. The van der Waals surface area contributed by atoms with Crippen LogP contribution in [-0.2, 0) is 86.3 Å². The van der Waals surface area contributed by atoms with Gasteiger partial charge in [0.1, 0.15) is 68.5 Å². The summed E-state index contributed by atoms with van der Waals surface area (Å²) in [7, 11) is 1.52. The Morgan fingerprint density at radius 1 is 0.702 bits per heavy atom.